The zero-order chi connectivity index (χ0) is 11.6. The Morgan fingerprint density at radius 1 is 1.36 bits per heavy atom. The highest BCUT2D eigenvalue weighted by Gasteiger charge is 1.99. The predicted molar refractivity (Wildman–Crippen MR) is 58.6 cm³/mol. The van der Waals surface area contributed by atoms with E-state index in [1.807, 2.05) is 0 Å². The lowest BCUT2D eigenvalue weighted by molar-refractivity contribution is -0.118. The summed E-state index contributed by atoms with van der Waals surface area (Å²) in [5.41, 5.74) is 1.44. The number of hydrogen-bond donors (Lipinski definition) is 1. The van der Waals surface area contributed by atoms with Gasteiger partial charge in [0.1, 0.15) is 6.29 Å². The second-order valence-corrected chi connectivity index (χ2v) is 2.45. The fraction of sp³-hybridized carbons (Fsp3) is 0.273. The van der Waals surface area contributed by atoms with Gasteiger partial charge in [-0.05, 0) is 18.6 Å². The van der Waals surface area contributed by atoms with Gasteiger partial charge in [0.05, 0.1) is 0 Å². The Morgan fingerprint density at radius 2 is 1.86 bits per heavy atom. The molecule has 0 aromatic rings. The molecule has 1 N–H and O–H groups in total. The SMILES string of the molecule is C=C.C=C/C(NC(C)=O)=C(\C)CC=O. The number of nitrogens with one attached hydrogen (secondary N) is 1. The van der Waals surface area contributed by atoms with E-state index in [0.29, 0.717) is 12.1 Å². The molecule has 0 aliphatic rings. The summed E-state index contributed by atoms with van der Waals surface area (Å²) in [6.45, 7) is 12.7. The van der Waals surface area contributed by atoms with Gasteiger partial charge in [0.25, 0.3) is 0 Å². The highest BCUT2D eigenvalue weighted by atomic mass is 16.1. The first-order chi connectivity index (χ1) is 6.61. The van der Waals surface area contributed by atoms with Crippen molar-refractivity contribution in [3.8, 4) is 0 Å². The van der Waals surface area contributed by atoms with Crippen LogP contribution >= 0.6 is 0 Å². The number of carbonyl (C=O) groups excluding carboxylic acids is 2. The minimum absolute atomic E-state index is 0.157. The van der Waals surface area contributed by atoms with Crippen molar-refractivity contribution in [3.05, 3.63) is 37.1 Å². The summed E-state index contributed by atoms with van der Waals surface area (Å²) in [4.78, 5) is 20.8. The molecule has 0 spiro atoms. The van der Waals surface area contributed by atoms with E-state index < -0.39 is 0 Å². The smallest absolute Gasteiger partial charge is 0.221 e. The van der Waals surface area contributed by atoms with Crippen molar-refractivity contribution in [2.75, 3.05) is 0 Å². The second kappa shape index (κ2) is 9.45. The van der Waals surface area contributed by atoms with Crippen LogP contribution in [-0.4, -0.2) is 12.2 Å². The van der Waals surface area contributed by atoms with Gasteiger partial charge in [-0.15, -0.1) is 13.2 Å². The molecule has 3 heteroatoms. The van der Waals surface area contributed by atoms with E-state index in [4.69, 9.17) is 0 Å². The molecule has 0 radical (unpaired) electrons. The largest absolute Gasteiger partial charge is 0.326 e. The van der Waals surface area contributed by atoms with Crippen LogP contribution in [0.1, 0.15) is 20.3 Å². The van der Waals surface area contributed by atoms with Gasteiger partial charge >= 0.3 is 0 Å². The summed E-state index contributed by atoms with van der Waals surface area (Å²) < 4.78 is 0. The molecule has 0 atom stereocenters. The first-order valence-corrected chi connectivity index (χ1v) is 4.15. The van der Waals surface area contributed by atoms with Crippen LogP contribution in [0, 0.1) is 0 Å². The molecule has 0 heterocycles. The van der Waals surface area contributed by atoms with Gasteiger partial charge in [-0.2, -0.15) is 0 Å². The van der Waals surface area contributed by atoms with E-state index in [0.717, 1.165) is 11.9 Å². The Kier molecular flexibility index (Phi) is 10.0. The third-order valence-electron chi connectivity index (χ3n) is 1.36. The van der Waals surface area contributed by atoms with Crippen LogP contribution in [0.3, 0.4) is 0 Å². The van der Waals surface area contributed by atoms with Gasteiger partial charge in [-0.1, -0.05) is 6.58 Å². The van der Waals surface area contributed by atoms with Crippen LogP contribution in [-0.2, 0) is 9.59 Å². The van der Waals surface area contributed by atoms with E-state index in [-0.39, 0.29) is 5.91 Å². The van der Waals surface area contributed by atoms with Gasteiger partial charge in [-0.3, -0.25) is 4.79 Å². The van der Waals surface area contributed by atoms with Crippen LogP contribution in [0.5, 0.6) is 0 Å². The number of hydrogen-bond acceptors (Lipinski definition) is 2. The zero-order valence-corrected chi connectivity index (χ0v) is 8.80. The first-order valence-electron chi connectivity index (χ1n) is 4.15. The average molecular weight is 195 g/mol. The Morgan fingerprint density at radius 3 is 2.14 bits per heavy atom. The summed E-state index contributed by atoms with van der Waals surface area (Å²) in [7, 11) is 0. The molecule has 0 aromatic heterocycles. The van der Waals surface area contributed by atoms with Crippen molar-refractivity contribution in [3.63, 3.8) is 0 Å². The molecule has 0 aliphatic heterocycles. The molecule has 3 nitrogen and oxygen atoms in total. The maximum absolute atomic E-state index is 10.6. The molecule has 0 rings (SSSR count). The van der Waals surface area contributed by atoms with E-state index >= 15 is 0 Å². The summed E-state index contributed by atoms with van der Waals surface area (Å²) >= 11 is 0. The van der Waals surface area contributed by atoms with Crippen LogP contribution in [0.25, 0.3) is 0 Å². The van der Waals surface area contributed by atoms with Crippen LogP contribution in [0.4, 0.5) is 0 Å². The third kappa shape index (κ3) is 7.03. The molecule has 14 heavy (non-hydrogen) atoms. The normalized spacial score (nSPS) is 10.1. The fourth-order valence-electron chi connectivity index (χ4n) is 0.757. The second-order valence-electron chi connectivity index (χ2n) is 2.45. The molecule has 0 saturated heterocycles. The number of aldehydes is 1. The average Bonchev–Trinajstić information content (AvgIpc) is 2.17. The predicted octanol–water partition coefficient (Wildman–Crippen LogP) is 1.97. The van der Waals surface area contributed by atoms with Crippen molar-refractivity contribution in [2.45, 2.75) is 20.3 Å². The van der Waals surface area contributed by atoms with Crippen LogP contribution in [0.15, 0.2) is 37.1 Å². The molecule has 0 saturated carbocycles. The Labute approximate surface area is 85.2 Å². The van der Waals surface area contributed by atoms with Gasteiger partial charge in [0, 0.05) is 19.0 Å². The minimum Gasteiger partial charge on any atom is -0.326 e. The van der Waals surface area contributed by atoms with Crippen molar-refractivity contribution in [2.24, 2.45) is 0 Å². The molecule has 0 fully saturated rings. The minimum atomic E-state index is -0.157. The van der Waals surface area contributed by atoms with Crippen molar-refractivity contribution in [1.29, 1.82) is 0 Å². The lowest BCUT2D eigenvalue weighted by Crippen LogP contribution is -2.19. The van der Waals surface area contributed by atoms with Crippen LogP contribution in [0.2, 0.25) is 0 Å². The topological polar surface area (TPSA) is 46.2 Å². The summed E-state index contributed by atoms with van der Waals surface area (Å²) in [5.74, 6) is -0.157. The van der Waals surface area contributed by atoms with E-state index in [2.05, 4.69) is 25.1 Å². The molecular formula is C11H17NO2. The van der Waals surface area contributed by atoms with E-state index in [1.54, 1.807) is 6.92 Å². The summed E-state index contributed by atoms with van der Waals surface area (Å²) in [6.07, 6.45) is 2.64. The first kappa shape index (κ1) is 14.9. The number of carbonyl (C=O) groups is 2. The van der Waals surface area contributed by atoms with Gasteiger partial charge in [0.15, 0.2) is 0 Å². The number of rotatable bonds is 4. The van der Waals surface area contributed by atoms with Crippen molar-refractivity contribution < 1.29 is 9.59 Å². The lowest BCUT2D eigenvalue weighted by atomic mass is 10.2. The molecular weight excluding hydrogens is 178 g/mol. The highest BCUT2D eigenvalue weighted by molar-refractivity contribution is 5.75. The van der Waals surface area contributed by atoms with Crippen LogP contribution < -0.4 is 5.32 Å². The van der Waals surface area contributed by atoms with Gasteiger partial charge in [-0.25, -0.2) is 0 Å². The van der Waals surface area contributed by atoms with Crippen molar-refractivity contribution >= 4 is 12.2 Å². The fourth-order valence-corrected chi connectivity index (χ4v) is 0.757. The summed E-state index contributed by atoms with van der Waals surface area (Å²) in [6, 6.07) is 0. The Bertz CT molecular complexity index is 242. The van der Waals surface area contributed by atoms with E-state index in [9.17, 15) is 9.59 Å². The molecule has 78 valence electrons. The maximum Gasteiger partial charge on any atom is 0.221 e. The maximum atomic E-state index is 10.6. The van der Waals surface area contributed by atoms with Gasteiger partial charge in [0.2, 0.25) is 5.91 Å². The lowest BCUT2D eigenvalue weighted by Gasteiger charge is -2.05. The summed E-state index contributed by atoms with van der Waals surface area (Å²) in [5, 5.41) is 2.58. The Hall–Kier alpha value is -1.64. The standard InChI is InChI=1S/C9H13NO2.C2H4/c1-4-9(10-8(3)12)7(2)5-6-11;1-2/h4,6H,1,5H2,2-3H3,(H,10,12);1-2H2/b9-7-;. The Balaban J connectivity index is 0. The molecule has 0 unspecified atom stereocenters. The molecule has 0 bridgehead atoms. The zero-order valence-electron chi connectivity index (χ0n) is 8.80. The molecule has 1 amide bonds. The van der Waals surface area contributed by atoms with E-state index in [1.165, 1.54) is 13.0 Å². The quantitative estimate of drug-likeness (QED) is 0.423. The monoisotopic (exact) mass is 195 g/mol. The molecule has 0 aromatic carbocycles. The molecule has 0 aliphatic carbocycles. The number of amides is 1. The van der Waals surface area contributed by atoms with Crippen molar-refractivity contribution in [1.82, 2.24) is 5.32 Å². The highest BCUT2D eigenvalue weighted by Crippen LogP contribution is 2.04. The third-order valence-corrected chi connectivity index (χ3v) is 1.36. The number of allylic oxidation sites excluding steroid dienone is 2. The van der Waals surface area contributed by atoms with Gasteiger partial charge < -0.3 is 10.1 Å².